The molecule has 0 radical (unpaired) electrons. The first kappa shape index (κ1) is 23.0. The summed E-state index contributed by atoms with van der Waals surface area (Å²) in [5.74, 6) is -0.102. The van der Waals surface area contributed by atoms with Crippen LogP contribution in [0.15, 0.2) is 76.2 Å². The summed E-state index contributed by atoms with van der Waals surface area (Å²) in [6, 6.07) is 16.2. The number of aryl methyl sites for hydroxylation is 1. The summed E-state index contributed by atoms with van der Waals surface area (Å²) in [5, 5.41) is 0. The molecule has 33 heavy (non-hydrogen) atoms. The molecule has 1 aromatic heterocycles. The van der Waals surface area contributed by atoms with Crippen molar-refractivity contribution in [1.29, 1.82) is 0 Å². The van der Waals surface area contributed by atoms with E-state index in [-0.39, 0.29) is 29.7 Å². The number of hydrogen-bond donors (Lipinski definition) is 0. The van der Waals surface area contributed by atoms with E-state index in [4.69, 9.17) is 4.42 Å². The topological polar surface area (TPSA) is 74.1 Å². The summed E-state index contributed by atoms with van der Waals surface area (Å²) < 4.78 is 46.3. The molecule has 0 aliphatic carbocycles. The molecule has 2 aromatic carbocycles. The highest BCUT2D eigenvalue weighted by Crippen LogP contribution is 2.21. The molecule has 0 unspecified atom stereocenters. The number of anilines is 1. The Kier molecular flexibility index (Phi) is 6.80. The Balaban J connectivity index is 1.46. The van der Waals surface area contributed by atoms with Crippen molar-refractivity contribution in [2.75, 3.05) is 37.6 Å². The number of carbonyl (C=O) groups excluding carboxylic acids is 1. The van der Waals surface area contributed by atoms with Crippen LogP contribution in [0.2, 0.25) is 0 Å². The highest BCUT2D eigenvalue weighted by Gasteiger charge is 2.30. The van der Waals surface area contributed by atoms with Crippen molar-refractivity contribution < 1.29 is 22.0 Å². The van der Waals surface area contributed by atoms with Crippen LogP contribution in [-0.2, 0) is 21.4 Å². The van der Waals surface area contributed by atoms with Gasteiger partial charge in [0, 0.05) is 31.9 Å². The lowest BCUT2D eigenvalue weighted by Crippen LogP contribution is -2.51. The molecule has 3 aromatic rings. The van der Waals surface area contributed by atoms with Gasteiger partial charge in [0.1, 0.15) is 11.6 Å². The zero-order chi connectivity index (χ0) is 23.4. The van der Waals surface area contributed by atoms with Crippen LogP contribution in [0.25, 0.3) is 0 Å². The fourth-order valence-corrected chi connectivity index (χ4v) is 5.13. The van der Waals surface area contributed by atoms with Crippen LogP contribution in [0.3, 0.4) is 0 Å². The number of hydrogen-bond acceptors (Lipinski definition) is 5. The van der Waals surface area contributed by atoms with Crippen LogP contribution in [-0.4, -0.2) is 56.3 Å². The summed E-state index contributed by atoms with van der Waals surface area (Å²) in [5.41, 5.74) is 1.84. The summed E-state index contributed by atoms with van der Waals surface area (Å²) in [6.45, 7) is 3.63. The molecule has 0 N–H and O–H groups in total. The van der Waals surface area contributed by atoms with Crippen LogP contribution in [0, 0.1) is 12.7 Å². The molecule has 2 heterocycles. The van der Waals surface area contributed by atoms with Crippen LogP contribution in [0.1, 0.15) is 11.3 Å². The predicted octanol–water partition coefficient (Wildman–Crippen LogP) is 3.27. The van der Waals surface area contributed by atoms with E-state index in [2.05, 4.69) is 4.90 Å². The molecule has 0 bridgehead atoms. The van der Waals surface area contributed by atoms with Crippen LogP contribution >= 0.6 is 0 Å². The van der Waals surface area contributed by atoms with Gasteiger partial charge in [-0.2, -0.15) is 4.31 Å². The Morgan fingerprint density at radius 1 is 1.00 bits per heavy atom. The van der Waals surface area contributed by atoms with Gasteiger partial charge in [-0.15, -0.1) is 0 Å². The van der Waals surface area contributed by atoms with Gasteiger partial charge in [-0.25, -0.2) is 12.8 Å². The number of nitrogens with zero attached hydrogens (tertiary/aromatic N) is 3. The van der Waals surface area contributed by atoms with E-state index in [9.17, 15) is 17.6 Å². The van der Waals surface area contributed by atoms with Gasteiger partial charge in [0.05, 0.1) is 24.2 Å². The lowest BCUT2D eigenvalue weighted by atomic mass is 10.2. The van der Waals surface area contributed by atoms with Crippen molar-refractivity contribution in [3.63, 3.8) is 0 Å². The minimum atomic E-state index is -3.91. The van der Waals surface area contributed by atoms with Crippen molar-refractivity contribution in [2.45, 2.75) is 18.4 Å². The van der Waals surface area contributed by atoms with Crippen molar-refractivity contribution in [3.05, 3.63) is 84.1 Å². The highest BCUT2D eigenvalue weighted by molar-refractivity contribution is 7.89. The Bertz CT molecular complexity index is 1170. The van der Waals surface area contributed by atoms with Gasteiger partial charge in [0.2, 0.25) is 15.9 Å². The summed E-state index contributed by atoms with van der Waals surface area (Å²) in [4.78, 5) is 17.0. The van der Waals surface area contributed by atoms with Gasteiger partial charge in [0.25, 0.3) is 0 Å². The van der Waals surface area contributed by atoms with Crippen molar-refractivity contribution in [3.8, 4) is 0 Å². The maximum absolute atomic E-state index is 13.3. The van der Waals surface area contributed by atoms with Crippen LogP contribution < -0.4 is 4.90 Å². The third-order valence-corrected chi connectivity index (χ3v) is 7.51. The third-order valence-electron chi connectivity index (χ3n) is 5.71. The van der Waals surface area contributed by atoms with Gasteiger partial charge >= 0.3 is 0 Å². The number of sulfonamides is 1. The molecule has 7 nitrogen and oxygen atoms in total. The number of piperazine rings is 1. The first-order valence-electron chi connectivity index (χ1n) is 10.7. The van der Waals surface area contributed by atoms with E-state index in [1.54, 1.807) is 53.4 Å². The first-order chi connectivity index (χ1) is 15.8. The third kappa shape index (κ3) is 5.43. The van der Waals surface area contributed by atoms with Crippen LogP contribution in [0.5, 0.6) is 0 Å². The molecule has 174 valence electrons. The Labute approximate surface area is 193 Å². The monoisotopic (exact) mass is 471 g/mol. The number of furan rings is 1. The number of carbonyl (C=O) groups is 1. The predicted molar refractivity (Wildman–Crippen MR) is 123 cm³/mol. The van der Waals surface area contributed by atoms with Gasteiger partial charge < -0.3 is 14.2 Å². The molecule has 1 saturated heterocycles. The summed E-state index contributed by atoms with van der Waals surface area (Å²) >= 11 is 0. The Hall–Kier alpha value is -3.17. The van der Waals surface area contributed by atoms with Crippen LogP contribution in [0.4, 0.5) is 10.1 Å². The first-order valence-corrected chi connectivity index (χ1v) is 12.1. The average Bonchev–Trinajstić information content (AvgIpc) is 3.33. The standard InChI is InChI=1S/C24H26FN3O4S/c1-19-4-10-23(11-5-19)33(30,31)28(17-22-3-2-16-32-22)18-24(29)27-14-12-26(13-15-27)21-8-6-20(25)7-9-21/h2-11,16H,12-15,17-18H2,1H3. The minimum Gasteiger partial charge on any atom is -0.468 e. The fourth-order valence-electron chi connectivity index (χ4n) is 3.78. The van der Waals surface area contributed by atoms with Gasteiger partial charge in [0.15, 0.2) is 0 Å². The molecular formula is C24H26FN3O4S. The van der Waals surface area contributed by atoms with Gasteiger partial charge in [-0.1, -0.05) is 17.7 Å². The number of benzene rings is 2. The van der Waals surface area contributed by atoms with Crippen molar-refractivity contribution >= 4 is 21.6 Å². The average molecular weight is 472 g/mol. The molecule has 4 rings (SSSR count). The number of halogens is 1. The Morgan fingerprint density at radius 3 is 2.27 bits per heavy atom. The molecule has 0 saturated carbocycles. The molecule has 9 heteroatoms. The highest BCUT2D eigenvalue weighted by atomic mass is 32.2. The molecule has 1 fully saturated rings. The maximum Gasteiger partial charge on any atom is 0.243 e. The lowest BCUT2D eigenvalue weighted by molar-refractivity contribution is -0.131. The maximum atomic E-state index is 13.3. The lowest BCUT2D eigenvalue weighted by Gasteiger charge is -2.37. The Morgan fingerprint density at radius 2 is 1.67 bits per heavy atom. The normalized spacial score (nSPS) is 14.6. The zero-order valence-corrected chi connectivity index (χ0v) is 19.2. The quantitative estimate of drug-likeness (QED) is 0.529. The minimum absolute atomic E-state index is 0.0372. The van der Waals surface area contributed by atoms with Gasteiger partial charge in [-0.05, 0) is 55.5 Å². The van der Waals surface area contributed by atoms with E-state index in [1.807, 2.05) is 6.92 Å². The van der Waals surface area contributed by atoms with E-state index in [0.29, 0.717) is 31.9 Å². The number of rotatable bonds is 7. The van der Waals surface area contributed by atoms with E-state index < -0.39 is 10.0 Å². The molecular weight excluding hydrogens is 445 g/mol. The zero-order valence-electron chi connectivity index (χ0n) is 18.4. The van der Waals surface area contributed by atoms with E-state index >= 15 is 0 Å². The molecule has 0 atom stereocenters. The molecule has 1 aliphatic rings. The second kappa shape index (κ2) is 9.76. The van der Waals surface area contributed by atoms with Gasteiger partial charge in [-0.3, -0.25) is 4.79 Å². The van der Waals surface area contributed by atoms with E-state index in [0.717, 1.165) is 15.6 Å². The second-order valence-electron chi connectivity index (χ2n) is 8.01. The summed E-state index contributed by atoms with van der Waals surface area (Å²) in [7, 11) is -3.91. The molecule has 1 amide bonds. The largest absolute Gasteiger partial charge is 0.468 e. The summed E-state index contributed by atoms with van der Waals surface area (Å²) in [6.07, 6.45) is 1.47. The van der Waals surface area contributed by atoms with E-state index in [1.165, 1.54) is 18.4 Å². The number of amides is 1. The SMILES string of the molecule is Cc1ccc(S(=O)(=O)N(CC(=O)N2CCN(c3ccc(F)cc3)CC2)Cc2ccco2)cc1. The molecule has 0 spiro atoms. The molecule has 1 aliphatic heterocycles. The fraction of sp³-hybridized carbons (Fsp3) is 0.292. The smallest absolute Gasteiger partial charge is 0.243 e. The van der Waals surface area contributed by atoms with Crippen molar-refractivity contribution in [2.24, 2.45) is 0 Å². The van der Waals surface area contributed by atoms with Crippen molar-refractivity contribution in [1.82, 2.24) is 9.21 Å². The second-order valence-corrected chi connectivity index (χ2v) is 9.95.